The highest BCUT2D eigenvalue weighted by molar-refractivity contribution is 6.79. The molecule has 2 aromatic heterocycles. The van der Waals surface area contributed by atoms with Crippen molar-refractivity contribution in [2.75, 3.05) is 11.6 Å². The Labute approximate surface area is 95.7 Å². The Morgan fingerprint density at radius 2 is 1.75 bits per heavy atom. The largest absolute Gasteiger partial charge is 0.371 e. The molecular formula is C10H15N5Si. The van der Waals surface area contributed by atoms with Gasteiger partial charge in [-0.1, -0.05) is 19.6 Å². The zero-order valence-corrected chi connectivity index (χ0v) is 11.0. The summed E-state index contributed by atoms with van der Waals surface area (Å²) in [6, 6.07) is 0. The molecule has 0 N–H and O–H groups in total. The number of hydrogen-bond donors (Lipinski definition) is 0. The lowest BCUT2D eigenvalue weighted by atomic mass is 10.5. The Morgan fingerprint density at radius 1 is 1.06 bits per heavy atom. The van der Waals surface area contributed by atoms with Crippen molar-refractivity contribution in [1.29, 1.82) is 0 Å². The summed E-state index contributed by atoms with van der Waals surface area (Å²) in [5, 5.41) is 0. The molecule has 0 aliphatic rings. The predicted molar refractivity (Wildman–Crippen MR) is 66.9 cm³/mol. The smallest absolute Gasteiger partial charge is 0.219 e. The second-order valence-corrected chi connectivity index (χ2v) is 9.68. The van der Waals surface area contributed by atoms with E-state index >= 15 is 0 Å². The van der Waals surface area contributed by atoms with E-state index < -0.39 is 8.24 Å². The lowest BCUT2D eigenvalue weighted by Gasteiger charge is -2.29. The van der Waals surface area contributed by atoms with Crippen molar-refractivity contribution in [3.8, 4) is 0 Å². The standard InChI is InChI=1S/C10H15N5Si/c1-15(16(2,3)4)10-13-7-8-9(14-10)12-6-5-11-8/h5-7H,1-4H3. The third kappa shape index (κ3) is 2.01. The van der Waals surface area contributed by atoms with Gasteiger partial charge in [0.25, 0.3) is 0 Å². The number of aromatic nitrogens is 4. The molecule has 0 atom stereocenters. The molecule has 16 heavy (non-hydrogen) atoms. The van der Waals surface area contributed by atoms with Crippen LogP contribution in [0.1, 0.15) is 0 Å². The minimum absolute atomic E-state index is 0.651. The zero-order valence-electron chi connectivity index (χ0n) is 9.97. The molecule has 6 heteroatoms. The molecule has 0 amide bonds. The van der Waals surface area contributed by atoms with Crippen molar-refractivity contribution >= 4 is 25.3 Å². The number of nitrogens with zero attached hydrogens (tertiary/aromatic N) is 5. The highest BCUT2D eigenvalue weighted by Crippen LogP contribution is 2.16. The van der Waals surface area contributed by atoms with Crippen LogP contribution in [0.4, 0.5) is 5.95 Å². The molecule has 0 fully saturated rings. The molecule has 0 unspecified atom stereocenters. The van der Waals surface area contributed by atoms with Gasteiger partial charge in [-0.05, 0) is 0 Å². The first-order chi connectivity index (χ1) is 7.48. The predicted octanol–water partition coefficient (Wildman–Crippen LogP) is 1.69. The molecule has 5 nitrogen and oxygen atoms in total. The van der Waals surface area contributed by atoms with E-state index in [1.807, 2.05) is 7.05 Å². The highest BCUT2D eigenvalue weighted by Gasteiger charge is 2.22. The van der Waals surface area contributed by atoms with Gasteiger partial charge >= 0.3 is 0 Å². The summed E-state index contributed by atoms with van der Waals surface area (Å²) < 4.78 is 2.15. The van der Waals surface area contributed by atoms with E-state index in [2.05, 4.69) is 44.1 Å². The van der Waals surface area contributed by atoms with Gasteiger partial charge in [-0.15, -0.1) is 0 Å². The summed E-state index contributed by atoms with van der Waals surface area (Å²) in [4.78, 5) is 17.1. The Kier molecular flexibility index (Phi) is 2.59. The maximum Gasteiger partial charge on any atom is 0.219 e. The minimum Gasteiger partial charge on any atom is -0.371 e. The number of hydrogen-bond acceptors (Lipinski definition) is 5. The van der Waals surface area contributed by atoms with E-state index in [0.29, 0.717) is 5.65 Å². The van der Waals surface area contributed by atoms with Crippen molar-refractivity contribution in [2.24, 2.45) is 0 Å². The van der Waals surface area contributed by atoms with E-state index in [1.54, 1.807) is 18.6 Å². The van der Waals surface area contributed by atoms with Crippen molar-refractivity contribution in [2.45, 2.75) is 19.6 Å². The van der Waals surface area contributed by atoms with E-state index in [-0.39, 0.29) is 0 Å². The van der Waals surface area contributed by atoms with Crippen LogP contribution in [0.25, 0.3) is 11.2 Å². The van der Waals surface area contributed by atoms with Gasteiger partial charge in [0.1, 0.15) is 5.52 Å². The van der Waals surface area contributed by atoms with E-state index in [1.165, 1.54) is 0 Å². The molecule has 2 rings (SSSR count). The van der Waals surface area contributed by atoms with Crippen molar-refractivity contribution in [3.05, 3.63) is 18.6 Å². The highest BCUT2D eigenvalue weighted by atomic mass is 28.3. The summed E-state index contributed by atoms with van der Waals surface area (Å²) in [5.41, 5.74) is 1.38. The van der Waals surface area contributed by atoms with Crippen molar-refractivity contribution in [1.82, 2.24) is 19.9 Å². The van der Waals surface area contributed by atoms with Gasteiger partial charge in [-0.3, -0.25) is 0 Å². The summed E-state index contributed by atoms with van der Waals surface area (Å²) in [6.07, 6.45) is 5.02. The zero-order chi connectivity index (χ0) is 11.8. The van der Waals surface area contributed by atoms with Gasteiger partial charge in [0.2, 0.25) is 5.95 Å². The summed E-state index contributed by atoms with van der Waals surface area (Å²) in [7, 11) is 0.603. The molecule has 0 saturated carbocycles. The summed E-state index contributed by atoms with van der Waals surface area (Å²) in [6.45, 7) is 6.74. The lowest BCUT2D eigenvalue weighted by Crippen LogP contribution is -2.44. The monoisotopic (exact) mass is 233 g/mol. The average Bonchev–Trinajstić information content (AvgIpc) is 2.26. The first kappa shape index (κ1) is 10.9. The second kappa shape index (κ2) is 3.78. The quantitative estimate of drug-likeness (QED) is 0.739. The van der Waals surface area contributed by atoms with Crippen molar-refractivity contribution in [3.63, 3.8) is 0 Å². The second-order valence-electron chi connectivity index (χ2n) is 4.67. The average molecular weight is 233 g/mol. The van der Waals surface area contributed by atoms with Gasteiger partial charge < -0.3 is 4.57 Å². The fourth-order valence-electron chi connectivity index (χ4n) is 1.22. The van der Waals surface area contributed by atoms with Crippen LogP contribution in [0.5, 0.6) is 0 Å². The van der Waals surface area contributed by atoms with E-state index in [4.69, 9.17) is 0 Å². The van der Waals surface area contributed by atoms with Crippen LogP contribution < -0.4 is 4.57 Å². The first-order valence-corrected chi connectivity index (χ1v) is 8.61. The molecule has 84 valence electrons. The third-order valence-electron chi connectivity index (χ3n) is 2.52. The van der Waals surface area contributed by atoms with Gasteiger partial charge in [0.05, 0.1) is 6.20 Å². The minimum atomic E-state index is -1.43. The molecule has 0 aliphatic carbocycles. The fourth-order valence-corrected chi connectivity index (χ4v) is 1.93. The Morgan fingerprint density at radius 3 is 2.44 bits per heavy atom. The molecule has 2 heterocycles. The van der Waals surface area contributed by atoms with Crippen molar-refractivity contribution < 1.29 is 0 Å². The molecular weight excluding hydrogens is 218 g/mol. The van der Waals surface area contributed by atoms with E-state index in [9.17, 15) is 0 Å². The number of fused-ring (bicyclic) bond motifs is 1. The molecule has 0 aromatic carbocycles. The van der Waals surface area contributed by atoms with Gasteiger partial charge in [0, 0.05) is 19.4 Å². The van der Waals surface area contributed by atoms with Crippen LogP contribution in [0.3, 0.4) is 0 Å². The molecule has 2 aromatic rings. The molecule has 0 radical (unpaired) electrons. The summed E-state index contributed by atoms with van der Waals surface area (Å²) >= 11 is 0. The Bertz CT molecular complexity index is 508. The number of anilines is 1. The SMILES string of the molecule is CN(c1ncc2nccnc2n1)[Si](C)(C)C. The van der Waals surface area contributed by atoms with Gasteiger partial charge in [-0.2, -0.15) is 4.98 Å². The molecule has 0 spiro atoms. The van der Waals surface area contributed by atoms with Crippen LogP contribution in [-0.2, 0) is 0 Å². The number of rotatable bonds is 2. The van der Waals surface area contributed by atoms with Gasteiger partial charge in [-0.25, -0.2) is 15.0 Å². The molecule has 0 saturated heterocycles. The van der Waals surface area contributed by atoms with Crippen LogP contribution in [0, 0.1) is 0 Å². The first-order valence-electron chi connectivity index (χ1n) is 5.16. The van der Waals surface area contributed by atoms with Crippen LogP contribution in [0.15, 0.2) is 18.6 Å². The van der Waals surface area contributed by atoms with Crippen LogP contribution >= 0.6 is 0 Å². The van der Waals surface area contributed by atoms with E-state index in [0.717, 1.165) is 11.5 Å². The maximum absolute atomic E-state index is 4.42. The lowest BCUT2D eigenvalue weighted by molar-refractivity contribution is 1.06. The molecule has 0 aliphatic heterocycles. The maximum atomic E-state index is 4.42. The fraction of sp³-hybridized carbons (Fsp3) is 0.400. The summed E-state index contributed by atoms with van der Waals surface area (Å²) in [5.74, 6) is 0.729. The van der Waals surface area contributed by atoms with Gasteiger partial charge in [0.15, 0.2) is 13.9 Å². The van der Waals surface area contributed by atoms with Crippen LogP contribution in [0.2, 0.25) is 19.6 Å². The third-order valence-corrected chi connectivity index (χ3v) is 4.73. The normalized spacial score (nSPS) is 11.8. The Hall–Kier alpha value is -1.56. The molecule has 0 bridgehead atoms. The Balaban J connectivity index is 2.47. The van der Waals surface area contributed by atoms with Crippen LogP contribution in [-0.4, -0.2) is 35.2 Å². The topological polar surface area (TPSA) is 54.8 Å².